The molecule has 3 atom stereocenters. The molecule has 0 spiro atoms. The van der Waals surface area contributed by atoms with Gasteiger partial charge in [-0.15, -0.1) is 11.8 Å². The number of hydrogen-bond donors (Lipinski definition) is 1. The second-order valence-electron chi connectivity index (χ2n) is 8.32. The molecular weight excluding hydrogens is 426 g/mol. The number of nitrogens with zero attached hydrogens (tertiary/aromatic N) is 2. The first-order valence-corrected chi connectivity index (χ1v) is 11.1. The average molecular weight is 450 g/mol. The number of esters is 1. The van der Waals surface area contributed by atoms with E-state index < -0.39 is 33.6 Å². The van der Waals surface area contributed by atoms with Crippen LogP contribution in [0, 0.1) is 11.3 Å². The van der Waals surface area contributed by atoms with Gasteiger partial charge in [0.1, 0.15) is 24.1 Å². The zero-order valence-electron chi connectivity index (χ0n) is 17.8. The lowest BCUT2D eigenvalue weighted by Gasteiger charge is -2.47. The van der Waals surface area contributed by atoms with Crippen molar-refractivity contribution in [2.24, 2.45) is 0 Å². The highest BCUT2D eigenvalue weighted by Gasteiger charge is 2.74. The van der Waals surface area contributed by atoms with Crippen molar-refractivity contribution >= 4 is 29.5 Å². The molecule has 2 aromatic carbocycles. The number of nitriles is 1. The van der Waals surface area contributed by atoms with E-state index in [2.05, 4.69) is 11.4 Å². The van der Waals surface area contributed by atoms with Crippen LogP contribution in [-0.4, -0.2) is 44.4 Å². The minimum absolute atomic E-state index is 0.00773. The third-order valence-electron chi connectivity index (χ3n) is 5.89. The Morgan fingerprint density at radius 1 is 1.09 bits per heavy atom. The monoisotopic (exact) mass is 449 g/mol. The molecule has 2 heterocycles. The fraction of sp³-hybridized carbons (Fsp3) is 0.333. The van der Waals surface area contributed by atoms with Gasteiger partial charge in [0.05, 0.1) is 11.2 Å². The lowest BCUT2D eigenvalue weighted by molar-refractivity contribution is -0.171. The zero-order valence-corrected chi connectivity index (χ0v) is 18.6. The minimum atomic E-state index is -1.77. The number of carbonyl (C=O) groups excluding carboxylic acids is 3. The molecule has 164 valence electrons. The zero-order chi connectivity index (χ0) is 22.9. The number of carbonyl (C=O) groups is 3. The molecule has 0 aliphatic carbocycles. The van der Waals surface area contributed by atoms with Crippen LogP contribution in [0.5, 0.6) is 0 Å². The molecule has 7 nitrogen and oxygen atoms in total. The van der Waals surface area contributed by atoms with Gasteiger partial charge in [0.2, 0.25) is 11.4 Å². The first kappa shape index (κ1) is 21.9. The Hall–Kier alpha value is -3.31. The van der Waals surface area contributed by atoms with Gasteiger partial charge in [-0.25, -0.2) is 4.79 Å². The smallest absolute Gasteiger partial charge is 0.348 e. The van der Waals surface area contributed by atoms with Crippen molar-refractivity contribution in [3.63, 3.8) is 0 Å². The first-order chi connectivity index (χ1) is 15.3. The van der Waals surface area contributed by atoms with Crippen molar-refractivity contribution in [1.82, 2.24) is 10.2 Å². The molecule has 2 saturated heterocycles. The Kier molecular flexibility index (Phi) is 5.70. The molecule has 0 radical (unpaired) electrons. The van der Waals surface area contributed by atoms with Crippen LogP contribution in [-0.2, 0) is 32.1 Å². The summed E-state index contributed by atoms with van der Waals surface area (Å²) in [6.45, 7) is 3.51. The summed E-state index contributed by atoms with van der Waals surface area (Å²) in [5.41, 5.74) is -0.145. The topological polar surface area (TPSA) is 99.5 Å². The lowest BCUT2D eigenvalue weighted by atomic mass is 9.82. The molecule has 2 fully saturated rings. The van der Waals surface area contributed by atoms with E-state index in [1.54, 1.807) is 13.8 Å². The molecular formula is C24H23N3O4S. The van der Waals surface area contributed by atoms with Crippen LogP contribution in [0.4, 0.5) is 0 Å². The summed E-state index contributed by atoms with van der Waals surface area (Å²) in [6, 6.07) is 19.7. The Morgan fingerprint density at radius 3 is 2.28 bits per heavy atom. The maximum absolute atomic E-state index is 13.2. The third kappa shape index (κ3) is 3.53. The van der Waals surface area contributed by atoms with Gasteiger partial charge in [-0.1, -0.05) is 60.7 Å². The van der Waals surface area contributed by atoms with E-state index in [0.717, 1.165) is 11.1 Å². The van der Waals surface area contributed by atoms with E-state index in [9.17, 15) is 19.6 Å². The number of rotatable bonds is 6. The quantitative estimate of drug-likeness (QED) is 0.537. The fourth-order valence-electron chi connectivity index (χ4n) is 4.16. The lowest BCUT2D eigenvalue weighted by Crippen LogP contribution is -2.75. The van der Waals surface area contributed by atoms with Crippen LogP contribution in [0.3, 0.4) is 0 Å². The van der Waals surface area contributed by atoms with Crippen molar-refractivity contribution in [1.29, 1.82) is 5.26 Å². The van der Waals surface area contributed by atoms with E-state index in [-0.39, 0.29) is 18.9 Å². The highest BCUT2D eigenvalue weighted by atomic mass is 32.2. The number of thioether (sulfide) groups is 1. The predicted molar refractivity (Wildman–Crippen MR) is 119 cm³/mol. The van der Waals surface area contributed by atoms with E-state index in [4.69, 9.17) is 4.74 Å². The number of nitrogens with one attached hydrogen (secondary N) is 1. The summed E-state index contributed by atoms with van der Waals surface area (Å²) in [7, 11) is 0. The highest BCUT2D eigenvalue weighted by Crippen LogP contribution is 2.57. The van der Waals surface area contributed by atoms with Crippen LogP contribution in [0.15, 0.2) is 60.7 Å². The summed E-state index contributed by atoms with van der Waals surface area (Å²) in [6.07, 6.45) is 0.147. The molecule has 2 aromatic rings. The summed E-state index contributed by atoms with van der Waals surface area (Å²) in [5.74, 6) is -1.49. The number of benzene rings is 2. The number of amides is 2. The molecule has 2 aliphatic rings. The van der Waals surface area contributed by atoms with Crippen molar-refractivity contribution < 1.29 is 19.1 Å². The van der Waals surface area contributed by atoms with Crippen LogP contribution in [0.1, 0.15) is 25.0 Å². The van der Waals surface area contributed by atoms with E-state index in [1.165, 1.54) is 16.7 Å². The molecule has 8 heteroatoms. The Morgan fingerprint density at radius 2 is 1.69 bits per heavy atom. The largest absolute Gasteiger partial charge is 0.458 e. The second-order valence-corrected chi connectivity index (χ2v) is 10.1. The molecule has 0 unspecified atom stereocenters. The van der Waals surface area contributed by atoms with E-state index in [1.807, 2.05) is 60.7 Å². The molecule has 2 aliphatic heterocycles. The maximum Gasteiger partial charge on any atom is 0.348 e. The summed E-state index contributed by atoms with van der Waals surface area (Å²) < 4.78 is 4.56. The molecule has 2 amide bonds. The Labute approximate surface area is 190 Å². The number of ether oxygens (including phenoxy) is 1. The maximum atomic E-state index is 13.2. The van der Waals surface area contributed by atoms with Crippen molar-refractivity contribution in [3.05, 3.63) is 71.8 Å². The third-order valence-corrected chi connectivity index (χ3v) is 7.49. The van der Waals surface area contributed by atoms with Gasteiger partial charge in [0, 0.05) is 0 Å². The van der Waals surface area contributed by atoms with Crippen molar-refractivity contribution in [2.75, 3.05) is 0 Å². The summed E-state index contributed by atoms with van der Waals surface area (Å²) >= 11 is 1.33. The molecule has 0 bridgehead atoms. The van der Waals surface area contributed by atoms with Gasteiger partial charge in [-0.05, 0) is 25.0 Å². The number of hydrogen-bond acceptors (Lipinski definition) is 6. The average Bonchev–Trinajstić information content (AvgIpc) is 3.01. The van der Waals surface area contributed by atoms with Crippen LogP contribution in [0.25, 0.3) is 0 Å². The van der Waals surface area contributed by atoms with E-state index >= 15 is 0 Å². The number of fused-ring (bicyclic) bond motifs is 1. The highest BCUT2D eigenvalue weighted by molar-refractivity contribution is 8.01. The predicted octanol–water partition coefficient (Wildman–Crippen LogP) is 2.41. The SMILES string of the molecule is CC1(C)S[C@@H]2[C@@H](NC(=O)Cc3ccccc3)C(=O)N2[C@@]1(C#N)C(=O)OCc1ccccc1. The van der Waals surface area contributed by atoms with E-state index in [0.29, 0.717) is 0 Å². The molecule has 0 aromatic heterocycles. The van der Waals surface area contributed by atoms with Gasteiger partial charge in [0.15, 0.2) is 0 Å². The minimum Gasteiger partial charge on any atom is -0.458 e. The van der Waals surface area contributed by atoms with Crippen LogP contribution in [0.2, 0.25) is 0 Å². The summed E-state index contributed by atoms with van der Waals surface area (Å²) in [5, 5.41) is 12.3. The normalized spacial score (nSPS) is 25.3. The Bertz CT molecular complexity index is 1080. The van der Waals surface area contributed by atoms with Gasteiger partial charge in [0.25, 0.3) is 5.91 Å². The molecule has 32 heavy (non-hydrogen) atoms. The second kappa shape index (κ2) is 8.32. The van der Waals surface area contributed by atoms with Gasteiger partial charge in [-0.2, -0.15) is 5.26 Å². The van der Waals surface area contributed by atoms with Crippen LogP contribution >= 0.6 is 11.8 Å². The first-order valence-electron chi connectivity index (χ1n) is 10.3. The van der Waals surface area contributed by atoms with Gasteiger partial charge in [-0.3, -0.25) is 14.5 Å². The van der Waals surface area contributed by atoms with Crippen molar-refractivity contribution in [3.8, 4) is 6.07 Å². The van der Waals surface area contributed by atoms with Crippen molar-refractivity contribution in [2.45, 2.75) is 48.6 Å². The van der Waals surface area contributed by atoms with Gasteiger partial charge >= 0.3 is 5.97 Å². The Balaban J connectivity index is 1.49. The number of β-lactam (4-membered cyclic amide) rings is 1. The molecule has 4 rings (SSSR count). The van der Waals surface area contributed by atoms with Gasteiger partial charge < -0.3 is 10.1 Å². The van der Waals surface area contributed by atoms with Crippen LogP contribution < -0.4 is 5.32 Å². The summed E-state index contributed by atoms with van der Waals surface area (Å²) in [4.78, 5) is 39.9. The fourth-order valence-corrected chi connectivity index (χ4v) is 5.85. The molecule has 1 N–H and O–H groups in total. The standard InChI is InChI=1S/C24H23N3O4S/c1-23(2)24(15-25,22(30)31-14-17-11-7-4-8-12-17)27-20(29)19(21(27)32-23)26-18(28)13-16-9-5-3-6-10-16/h3-12,19,21H,13-14H2,1-2H3,(H,26,28)/t19-,21+,24-/m0/s1. The molecule has 0 saturated carbocycles.